The van der Waals surface area contributed by atoms with Gasteiger partial charge in [0.1, 0.15) is 0 Å². The lowest BCUT2D eigenvalue weighted by molar-refractivity contribution is 0.0441. The monoisotopic (exact) mass is 286 g/mol. The second kappa shape index (κ2) is 4.93. The van der Waals surface area contributed by atoms with Crippen molar-refractivity contribution < 1.29 is 4.79 Å². The first kappa shape index (κ1) is 12.5. The highest BCUT2D eigenvalue weighted by Crippen LogP contribution is 2.35. The van der Waals surface area contributed by atoms with E-state index in [-0.39, 0.29) is 0 Å². The maximum atomic E-state index is 12.5. The number of aromatic nitrogens is 1. The van der Waals surface area contributed by atoms with Gasteiger partial charge in [0.15, 0.2) is 5.78 Å². The van der Waals surface area contributed by atoms with Gasteiger partial charge in [0.25, 0.3) is 0 Å². The van der Waals surface area contributed by atoms with Crippen LogP contribution in [0.5, 0.6) is 0 Å². The van der Waals surface area contributed by atoms with Gasteiger partial charge in [-0.05, 0) is 56.0 Å². The molecule has 5 rings (SSSR count). The molecular weight excluding hydrogens is 268 g/mol. The number of Topliss-reactive ketones (excluding diaryl/α,β-unsaturated/α-hetero) is 1. The normalized spacial score (nSPS) is 28.9. The minimum absolute atomic E-state index is 0.290. The molecule has 104 valence electrons. The van der Waals surface area contributed by atoms with Crippen molar-refractivity contribution in [1.82, 2.24) is 9.88 Å². The van der Waals surface area contributed by atoms with E-state index >= 15 is 0 Å². The molecule has 3 aliphatic heterocycles. The van der Waals surface area contributed by atoms with Crippen molar-refractivity contribution in [3.63, 3.8) is 0 Å². The van der Waals surface area contributed by atoms with Crippen LogP contribution < -0.4 is 0 Å². The van der Waals surface area contributed by atoms with Crippen LogP contribution in [0.4, 0.5) is 0 Å². The Morgan fingerprint density at radius 1 is 1.35 bits per heavy atom. The Hall–Kier alpha value is -1.26. The summed E-state index contributed by atoms with van der Waals surface area (Å²) in [4.78, 5) is 19.3. The smallest absolute Gasteiger partial charge is 0.163 e. The molecule has 1 atom stereocenters. The molecule has 2 aromatic rings. The number of hydrogen-bond acceptors (Lipinski definition) is 4. The summed E-state index contributed by atoms with van der Waals surface area (Å²) >= 11 is 1.62. The molecule has 0 amide bonds. The molecule has 0 saturated carbocycles. The zero-order valence-electron chi connectivity index (χ0n) is 11.4. The van der Waals surface area contributed by atoms with Crippen molar-refractivity contribution in [3.8, 4) is 0 Å². The molecule has 4 heterocycles. The summed E-state index contributed by atoms with van der Waals surface area (Å²) in [6.07, 6.45) is 3.27. The lowest BCUT2D eigenvalue weighted by atomic mass is 9.76. The van der Waals surface area contributed by atoms with E-state index in [9.17, 15) is 4.79 Å². The van der Waals surface area contributed by atoms with E-state index < -0.39 is 0 Å². The van der Waals surface area contributed by atoms with Crippen LogP contribution in [0.25, 0.3) is 10.2 Å². The van der Waals surface area contributed by atoms with Gasteiger partial charge in [-0.2, -0.15) is 0 Å². The fourth-order valence-corrected chi connectivity index (χ4v) is 4.36. The van der Waals surface area contributed by atoms with Crippen LogP contribution in [-0.2, 0) is 0 Å². The average Bonchev–Trinajstić information content (AvgIpc) is 2.96. The van der Waals surface area contributed by atoms with Crippen LogP contribution >= 0.6 is 11.3 Å². The molecule has 4 heteroatoms. The van der Waals surface area contributed by atoms with Gasteiger partial charge in [0.05, 0.1) is 15.7 Å². The van der Waals surface area contributed by atoms with Crippen molar-refractivity contribution in [1.29, 1.82) is 0 Å². The van der Waals surface area contributed by atoms with Gasteiger partial charge in [0.2, 0.25) is 0 Å². The molecule has 2 bridgehead atoms. The van der Waals surface area contributed by atoms with Gasteiger partial charge in [-0.15, -0.1) is 11.3 Å². The van der Waals surface area contributed by atoms with E-state index in [0.29, 0.717) is 18.1 Å². The second-order valence-electron chi connectivity index (χ2n) is 6.06. The van der Waals surface area contributed by atoms with Crippen molar-refractivity contribution in [2.45, 2.75) is 19.3 Å². The first-order valence-electron chi connectivity index (χ1n) is 7.38. The molecule has 3 saturated heterocycles. The van der Waals surface area contributed by atoms with E-state index in [2.05, 4.69) is 9.88 Å². The van der Waals surface area contributed by atoms with Crippen molar-refractivity contribution in [2.75, 3.05) is 19.6 Å². The summed E-state index contributed by atoms with van der Waals surface area (Å²) in [6.45, 7) is 3.59. The number of carbonyl (C=O) groups excluding carboxylic acids is 1. The Balaban J connectivity index is 1.52. The molecule has 3 aliphatic rings. The van der Waals surface area contributed by atoms with Crippen molar-refractivity contribution in [3.05, 3.63) is 29.3 Å². The standard InChI is InChI=1S/C16H18N2OS/c19-15(8-13-9-18-5-3-11(13)4-6-18)12-1-2-16-14(7-12)17-10-20-16/h1-2,7,10-11,13H,3-6,8-9H2/t13-/m1/s1. The highest BCUT2D eigenvalue weighted by molar-refractivity contribution is 7.16. The van der Waals surface area contributed by atoms with E-state index in [1.54, 1.807) is 11.3 Å². The Kier molecular flexibility index (Phi) is 3.08. The second-order valence-corrected chi connectivity index (χ2v) is 6.95. The number of benzene rings is 1. The third-order valence-corrected chi connectivity index (χ3v) is 5.70. The van der Waals surface area contributed by atoms with Gasteiger partial charge in [0, 0.05) is 18.5 Å². The lowest BCUT2D eigenvalue weighted by Gasteiger charge is -2.44. The predicted octanol–water partition coefficient (Wildman–Crippen LogP) is 3.21. The molecular formula is C16H18N2OS. The molecule has 1 aromatic heterocycles. The number of rotatable bonds is 3. The minimum atomic E-state index is 0.290. The summed E-state index contributed by atoms with van der Waals surface area (Å²) in [7, 11) is 0. The zero-order valence-corrected chi connectivity index (χ0v) is 12.2. The highest BCUT2D eigenvalue weighted by Gasteiger charge is 2.35. The molecule has 20 heavy (non-hydrogen) atoms. The number of thiazole rings is 1. The molecule has 0 radical (unpaired) electrons. The van der Waals surface area contributed by atoms with Crippen LogP contribution in [0, 0.1) is 11.8 Å². The van der Waals surface area contributed by atoms with Crippen LogP contribution in [0.3, 0.4) is 0 Å². The molecule has 3 fully saturated rings. The maximum absolute atomic E-state index is 12.5. The van der Waals surface area contributed by atoms with E-state index in [1.807, 2.05) is 23.7 Å². The Bertz CT molecular complexity index is 643. The Morgan fingerprint density at radius 3 is 2.95 bits per heavy atom. The summed E-state index contributed by atoms with van der Waals surface area (Å²) < 4.78 is 1.16. The fourth-order valence-electron chi connectivity index (χ4n) is 3.71. The maximum Gasteiger partial charge on any atom is 0.163 e. The van der Waals surface area contributed by atoms with Crippen LogP contribution in [0.2, 0.25) is 0 Å². The number of carbonyl (C=O) groups is 1. The van der Waals surface area contributed by atoms with Gasteiger partial charge in [-0.1, -0.05) is 0 Å². The van der Waals surface area contributed by atoms with Gasteiger partial charge < -0.3 is 4.90 Å². The van der Waals surface area contributed by atoms with E-state index in [0.717, 1.165) is 28.2 Å². The minimum Gasteiger partial charge on any atom is -0.303 e. The third-order valence-electron chi connectivity index (χ3n) is 4.89. The third kappa shape index (κ3) is 2.17. The highest BCUT2D eigenvalue weighted by atomic mass is 32.1. The Labute approximate surface area is 122 Å². The largest absolute Gasteiger partial charge is 0.303 e. The summed E-state index contributed by atoms with van der Waals surface area (Å²) in [5.41, 5.74) is 3.63. The molecule has 0 spiro atoms. The Morgan fingerprint density at radius 2 is 2.20 bits per heavy atom. The number of nitrogens with zero attached hydrogens (tertiary/aromatic N) is 2. The van der Waals surface area contributed by atoms with Gasteiger partial charge >= 0.3 is 0 Å². The first-order chi connectivity index (χ1) is 9.79. The molecule has 0 aliphatic carbocycles. The molecule has 0 N–H and O–H groups in total. The lowest BCUT2D eigenvalue weighted by Crippen LogP contribution is -2.47. The summed E-state index contributed by atoms with van der Waals surface area (Å²) in [6, 6.07) is 5.94. The quantitative estimate of drug-likeness (QED) is 0.812. The van der Waals surface area contributed by atoms with E-state index in [4.69, 9.17) is 0 Å². The number of fused-ring (bicyclic) bond motifs is 4. The fraction of sp³-hybridized carbons (Fsp3) is 0.500. The predicted molar refractivity (Wildman–Crippen MR) is 81.2 cm³/mol. The molecule has 1 aromatic carbocycles. The summed E-state index contributed by atoms with van der Waals surface area (Å²) in [5, 5.41) is 0. The number of piperidine rings is 3. The van der Waals surface area contributed by atoms with E-state index in [1.165, 1.54) is 25.9 Å². The van der Waals surface area contributed by atoms with Crippen molar-refractivity contribution >= 4 is 27.3 Å². The number of hydrogen-bond donors (Lipinski definition) is 0. The van der Waals surface area contributed by atoms with Crippen LogP contribution in [0.15, 0.2) is 23.7 Å². The number of ketones is 1. The molecule has 3 nitrogen and oxygen atoms in total. The molecule has 0 unspecified atom stereocenters. The SMILES string of the molecule is O=C(C[C@@H]1CN2CCC1CC2)c1ccc2scnc2c1. The van der Waals surface area contributed by atoms with Crippen LogP contribution in [0.1, 0.15) is 29.6 Å². The van der Waals surface area contributed by atoms with Crippen molar-refractivity contribution in [2.24, 2.45) is 11.8 Å². The zero-order chi connectivity index (χ0) is 13.5. The van der Waals surface area contributed by atoms with Gasteiger partial charge in [-0.25, -0.2) is 4.98 Å². The first-order valence-corrected chi connectivity index (χ1v) is 8.26. The van der Waals surface area contributed by atoms with Gasteiger partial charge in [-0.3, -0.25) is 4.79 Å². The average molecular weight is 286 g/mol. The topological polar surface area (TPSA) is 33.2 Å². The summed E-state index contributed by atoms with van der Waals surface area (Å²) in [5.74, 6) is 1.63. The van der Waals surface area contributed by atoms with Crippen LogP contribution in [-0.4, -0.2) is 35.3 Å².